The van der Waals surface area contributed by atoms with Gasteiger partial charge >= 0.3 is 12.1 Å². The molecular weight excluding hydrogens is 433 g/mol. The Labute approximate surface area is 191 Å². The van der Waals surface area contributed by atoms with Crippen molar-refractivity contribution in [3.63, 3.8) is 0 Å². The first-order chi connectivity index (χ1) is 15.2. The van der Waals surface area contributed by atoms with Crippen molar-refractivity contribution >= 4 is 12.2 Å². The van der Waals surface area contributed by atoms with E-state index in [4.69, 9.17) is 0 Å². The van der Waals surface area contributed by atoms with Crippen molar-refractivity contribution in [3.8, 4) is 11.1 Å². The first-order valence-corrected chi connectivity index (χ1v) is 10.8. The summed E-state index contributed by atoms with van der Waals surface area (Å²) in [7, 11) is 0. The maximum absolute atomic E-state index is 14.1. The number of aliphatic hydroxyl groups is 1. The Morgan fingerprint density at radius 1 is 1.18 bits per heavy atom. The summed E-state index contributed by atoms with van der Waals surface area (Å²) < 4.78 is 42.4. The van der Waals surface area contributed by atoms with Gasteiger partial charge in [0.2, 0.25) is 5.60 Å². The second-order valence-electron chi connectivity index (χ2n) is 9.42. The van der Waals surface area contributed by atoms with Crippen LogP contribution in [0.4, 0.5) is 13.2 Å². The lowest BCUT2D eigenvalue weighted by atomic mass is 9.88. The van der Waals surface area contributed by atoms with E-state index in [2.05, 4.69) is 5.10 Å². The molecule has 3 rings (SSSR count). The quantitative estimate of drug-likeness (QED) is 0.435. The molecule has 0 saturated heterocycles. The lowest BCUT2D eigenvalue weighted by Crippen LogP contribution is -2.46. The molecule has 178 valence electrons. The molecule has 0 saturated carbocycles. The minimum Gasteiger partial charge on any atom is -0.481 e. The summed E-state index contributed by atoms with van der Waals surface area (Å²) in [4.78, 5) is 11.3. The Balaban J connectivity index is 2.07. The van der Waals surface area contributed by atoms with Crippen molar-refractivity contribution in [1.29, 1.82) is 0 Å². The van der Waals surface area contributed by atoms with E-state index >= 15 is 0 Å². The van der Waals surface area contributed by atoms with Gasteiger partial charge in [0.05, 0.1) is 12.0 Å². The zero-order chi connectivity index (χ0) is 24.8. The van der Waals surface area contributed by atoms with Crippen molar-refractivity contribution in [2.24, 2.45) is 5.10 Å². The standard InChI is InChI=1S/C25H29F3N2O3/c1-15(2)30(23(4,5)14-21(31)32)29-11-10-17-12-16(3)13-20-22(17)18-8-6-7-9-19(18)24(20,33)25(26,27)28/h6-9,11-13,15,33H,10,14H2,1-5H3,(H,31,32)/b29-11-. The highest BCUT2D eigenvalue weighted by Gasteiger charge is 2.61. The van der Waals surface area contributed by atoms with Gasteiger partial charge in [0.25, 0.3) is 0 Å². The van der Waals surface area contributed by atoms with Crippen molar-refractivity contribution < 1.29 is 28.2 Å². The van der Waals surface area contributed by atoms with Crippen molar-refractivity contribution in [1.82, 2.24) is 5.01 Å². The van der Waals surface area contributed by atoms with Crippen molar-refractivity contribution in [2.45, 2.75) is 70.8 Å². The molecule has 1 aliphatic rings. The molecular formula is C25H29F3N2O3. The van der Waals surface area contributed by atoms with E-state index in [1.807, 2.05) is 13.8 Å². The summed E-state index contributed by atoms with van der Waals surface area (Å²) in [6.07, 6.45) is -3.19. The Bertz CT molecular complexity index is 1090. The molecule has 0 amide bonds. The van der Waals surface area contributed by atoms with Gasteiger partial charge in [0.1, 0.15) is 0 Å². The van der Waals surface area contributed by atoms with Crippen LogP contribution in [0.5, 0.6) is 0 Å². The topological polar surface area (TPSA) is 73.1 Å². The number of hydrogen-bond acceptors (Lipinski definition) is 4. The van der Waals surface area contributed by atoms with E-state index in [9.17, 15) is 28.2 Å². The number of rotatable bonds is 7. The molecule has 2 N–H and O–H groups in total. The monoisotopic (exact) mass is 462 g/mol. The van der Waals surface area contributed by atoms with Gasteiger partial charge < -0.3 is 10.2 Å². The van der Waals surface area contributed by atoms with Crippen LogP contribution in [-0.4, -0.2) is 45.2 Å². The molecule has 0 heterocycles. The third kappa shape index (κ3) is 4.36. The SMILES string of the molecule is Cc1cc(C/C=N\N(C(C)C)C(C)(C)CC(=O)O)c2c(c1)C(O)(C(F)(F)F)c1ccccc1-2. The summed E-state index contributed by atoms with van der Waals surface area (Å²) in [5, 5.41) is 26.4. The van der Waals surface area contributed by atoms with E-state index in [0.717, 1.165) is 0 Å². The highest BCUT2D eigenvalue weighted by Crippen LogP contribution is 2.56. The van der Waals surface area contributed by atoms with Gasteiger partial charge in [-0.15, -0.1) is 0 Å². The van der Waals surface area contributed by atoms with Crippen LogP contribution in [0.25, 0.3) is 11.1 Å². The number of aliphatic carboxylic acids is 1. The number of carboxylic acids is 1. The summed E-state index contributed by atoms with van der Waals surface area (Å²) in [5.74, 6) is -0.944. The molecule has 0 radical (unpaired) electrons. The van der Waals surface area contributed by atoms with Crippen LogP contribution < -0.4 is 0 Å². The third-order valence-corrected chi connectivity index (χ3v) is 5.96. The number of hydrogen-bond donors (Lipinski definition) is 2. The van der Waals surface area contributed by atoms with Crippen molar-refractivity contribution in [2.75, 3.05) is 0 Å². The minimum absolute atomic E-state index is 0.0881. The number of fused-ring (bicyclic) bond motifs is 3. The average Bonchev–Trinajstić information content (AvgIpc) is 2.93. The number of nitrogens with zero attached hydrogens (tertiary/aromatic N) is 2. The smallest absolute Gasteiger partial charge is 0.425 e. The van der Waals surface area contributed by atoms with E-state index in [1.54, 1.807) is 50.2 Å². The number of benzene rings is 2. The van der Waals surface area contributed by atoms with Gasteiger partial charge in [0, 0.05) is 29.8 Å². The van der Waals surface area contributed by atoms with Crippen LogP contribution in [0.1, 0.15) is 56.4 Å². The average molecular weight is 463 g/mol. The maximum atomic E-state index is 14.1. The molecule has 0 aromatic heterocycles. The van der Waals surface area contributed by atoms with Crippen molar-refractivity contribution in [3.05, 3.63) is 58.7 Å². The highest BCUT2D eigenvalue weighted by molar-refractivity contribution is 5.85. The molecule has 0 aliphatic heterocycles. The molecule has 0 fully saturated rings. The van der Waals surface area contributed by atoms with E-state index < -0.39 is 23.3 Å². The van der Waals surface area contributed by atoms with Crippen LogP contribution in [0.2, 0.25) is 0 Å². The second-order valence-corrected chi connectivity index (χ2v) is 9.42. The number of carbonyl (C=O) groups is 1. The fraction of sp³-hybridized carbons (Fsp3) is 0.440. The summed E-state index contributed by atoms with van der Waals surface area (Å²) in [5.41, 5.74) is -2.26. The number of hydrazone groups is 1. The zero-order valence-electron chi connectivity index (χ0n) is 19.4. The Morgan fingerprint density at radius 2 is 1.82 bits per heavy atom. The zero-order valence-corrected chi connectivity index (χ0v) is 19.4. The molecule has 1 unspecified atom stereocenters. The lowest BCUT2D eigenvalue weighted by molar-refractivity contribution is -0.246. The van der Waals surface area contributed by atoms with Crippen LogP contribution in [0.3, 0.4) is 0 Å². The second kappa shape index (κ2) is 8.48. The van der Waals surface area contributed by atoms with Gasteiger partial charge in [-0.25, -0.2) is 0 Å². The van der Waals surface area contributed by atoms with Gasteiger partial charge in [-0.2, -0.15) is 18.3 Å². The normalized spacial score (nSPS) is 18.0. The van der Waals surface area contributed by atoms with Crippen LogP contribution in [-0.2, 0) is 16.8 Å². The largest absolute Gasteiger partial charge is 0.481 e. The van der Waals surface area contributed by atoms with E-state index in [0.29, 0.717) is 22.3 Å². The van der Waals surface area contributed by atoms with Crippen LogP contribution >= 0.6 is 0 Å². The molecule has 5 nitrogen and oxygen atoms in total. The summed E-state index contributed by atoms with van der Waals surface area (Å²) in [6, 6.07) is 9.13. The van der Waals surface area contributed by atoms with Gasteiger partial charge in [0.15, 0.2) is 0 Å². The molecule has 0 bridgehead atoms. The maximum Gasteiger partial charge on any atom is 0.425 e. The molecule has 0 spiro atoms. The Kier molecular flexibility index (Phi) is 6.37. The van der Waals surface area contributed by atoms with Gasteiger partial charge in [-0.05, 0) is 51.3 Å². The molecule has 2 aromatic carbocycles. The number of halogens is 3. The predicted octanol–water partition coefficient (Wildman–Crippen LogP) is 5.27. The van der Waals surface area contributed by atoms with Crippen LogP contribution in [0, 0.1) is 6.92 Å². The Morgan fingerprint density at radius 3 is 2.39 bits per heavy atom. The fourth-order valence-corrected chi connectivity index (χ4v) is 4.76. The minimum atomic E-state index is -4.89. The third-order valence-electron chi connectivity index (χ3n) is 5.96. The fourth-order valence-electron chi connectivity index (χ4n) is 4.76. The van der Waals surface area contributed by atoms with E-state index in [-0.39, 0.29) is 30.0 Å². The summed E-state index contributed by atoms with van der Waals surface area (Å²) >= 11 is 0. The summed E-state index contributed by atoms with van der Waals surface area (Å²) in [6.45, 7) is 9.04. The lowest BCUT2D eigenvalue weighted by Gasteiger charge is -2.38. The van der Waals surface area contributed by atoms with Gasteiger partial charge in [-0.1, -0.05) is 42.0 Å². The predicted molar refractivity (Wildman–Crippen MR) is 121 cm³/mol. The number of carboxylic acid groups (broad SMARTS) is 1. The van der Waals surface area contributed by atoms with Crippen LogP contribution in [0.15, 0.2) is 41.5 Å². The molecule has 1 atom stereocenters. The molecule has 2 aromatic rings. The molecule has 33 heavy (non-hydrogen) atoms. The number of alkyl halides is 3. The Hall–Kier alpha value is -2.87. The number of aryl methyl sites for hydroxylation is 1. The first kappa shape index (κ1) is 24.8. The molecule has 1 aliphatic carbocycles. The van der Waals surface area contributed by atoms with E-state index in [1.165, 1.54) is 18.2 Å². The van der Waals surface area contributed by atoms with Gasteiger partial charge in [-0.3, -0.25) is 9.80 Å². The molecule has 8 heteroatoms. The highest BCUT2D eigenvalue weighted by atomic mass is 19.4. The first-order valence-electron chi connectivity index (χ1n) is 10.8.